The van der Waals surface area contributed by atoms with E-state index in [-0.39, 0.29) is 21.9 Å². The van der Waals surface area contributed by atoms with Crippen LogP contribution in [0.1, 0.15) is 19.8 Å². The van der Waals surface area contributed by atoms with Crippen LogP contribution in [0, 0.1) is 11.7 Å². The summed E-state index contributed by atoms with van der Waals surface area (Å²) in [4.78, 5) is -0.176. The van der Waals surface area contributed by atoms with E-state index in [1.807, 2.05) is 6.92 Å². The third-order valence-corrected chi connectivity index (χ3v) is 6.02. The fraction of sp³-hybridized carbons (Fsp3) is 0.538. The molecule has 1 aliphatic heterocycles. The minimum atomic E-state index is -3.78. The molecule has 1 heterocycles. The Balaban J connectivity index is 2.32. The Labute approximate surface area is 123 Å². The minimum Gasteiger partial charge on any atom is -0.328 e. The average Bonchev–Trinajstić information content (AvgIpc) is 2.41. The van der Waals surface area contributed by atoms with Crippen LogP contribution in [-0.4, -0.2) is 31.9 Å². The molecule has 112 valence electrons. The van der Waals surface area contributed by atoms with Crippen molar-refractivity contribution in [3.63, 3.8) is 0 Å². The second-order valence-corrected chi connectivity index (χ2v) is 7.51. The molecule has 0 spiro atoms. The first-order chi connectivity index (χ1) is 9.32. The summed E-state index contributed by atoms with van der Waals surface area (Å²) in [6.07, 6.45) is 1.65. The Morgan fingerprint density at radius 3 is 2.85 bits per heavy atom. The first-order valence-electron chi connectivity index (χ1n) is 6.53. The number of hydrogen-bond donors (Lipinski definition) is 1. The largest absolute Gasteiger partial charge is 0.328 e. The van der Waals surface area contributed by atoms with E-state index in [0.29, 0.717) is 13.1 Å². The van der Waals surface area contributed by atoms with E-state index in [1.165, 1.54) is 10.4 Å². The highest BCUT2D eigenvalue weighted by Crippen LogP contribution is 2.29. The van der Waals surface area contributed by atoms with Crippen molar-refractivity contribution in [2.24, 2.45) is 11.7 Å². The van der Waals surface area contributed by atoms with Crippen molar-refractivity contribution in [2.45, 2.75) is 30.7 Å². The van der Waals surface area contributed by atoms with Crippen molar-refractivity contribution in [1.82, 2.24) is 4.31 Å². The van der Waals surface area contributed by atoms with Crippen LogP contribution >= 0.6 is 11.6 Å². The minimum absolute atomic E-state index is 0.0364. The highest BCUT2D eigenvalue weighted by molar-refractivity contribution is 7.89. The third-order valence-electron chi connectivity index (χ3n) is 3.68. The predicted molar refractivity (Wildman–Crippen MR) is 76.5 cm³/mol. The van der Waals surface area contributed by atoms with Gasteiger partial charge in [-0.15, -0.1) is 0 Å². The van der Waals surface area contributed by atoms with Gasteiger partial charge in [-0.3, -0.25) is 0 Å². The molecule has 1 saturated heterocycles. The van der Waals surface area contributed by atoms with Gasteiger partial charge in [-0.2, -0.15) is 4.31 Å². The Bertz CT molecular complexity index is 592. The number of sulfonamides is 1. The summed E-state index contributed by atoms with van der Waals surface area (Å²) in [5.41, 5.74) is 5.86. The maximum absolute atomic E-state index is 13.3. The highest BCUT2D eigenvalue weighted by Gasteiger charge is 2.32. The fourth-order valence-electron chi connectivity index (χ4n) is 2.44. The molecule has 1 aromatic carbocycles. The van der Waals surface area contributed by atoms with Crippen LogP contribution in [0.2, 0.25) is 5.02 Å². The Morgan fingerprint density at radius 1 is 1.50 bits per heavy atom. The van der Waals surface area contributed by atoms with Gasteiger partial charge >= 0.3 is 0 Å². The Kier molecular flexibility index (Phi) is 4.69. The summed E-state index contributed by atoms with van der Waals surface area (Å²) < 4.78 is 39.8. The molecule has 20 heavy (non-hydrogen) atoms. The third kappa shape index (κ3) is 3.14. The molecule has 7 heteroatoms. The van der Waals surface area contributed by atoms with Gasteiger partial charge < -0.3 is 5.73 Å². The zero-order valence-electron chi connectivity index (χ0n) is 11.2. The molecule has 0 radical (unpaired) electrons. The van der Waals surface area contributed by atoms with E-state index in [2.05, 4.69) is 0 Å². The van der Waals surface area contributed by atoms with E-state index >= 15 is 0 Å². The number of halogens is 2. The molecule has 0 saturated carbocycles. The summed E-state index contributed by atoms with van der Waals surface area (Å²) in [7, 11) is -3.78. The van der Waals surface area contributed by atoms with Crippen LogP contribution in [0.25, 0.3) is 0 Å². The molecule has 0 amide bonds. The lowest BCUT2D eigenvalue weighted by atomic mass is 9.93. The van der Waals surface area contributed by atoms with E-state index in [1.54, 1.807) is 0 Å². The van der Waals surface area contributed by atoms with E-state index in [9.17, 15) is 12.8 Å². The Morgan fingerprint density at radius 2 is 2.20 bits per heavy atom. The molecule has 0 aliphatic carbocycles. The predicted octanol–water partition coefficient (Wildman–Crippen LogP) is 2.23. The topological polar surface area (TPSA) is 63.4 Å². The van der Waals surface area contributed by atoms with Crippen molar-refractivity contribution >= 4 is 21.6 Å². The van der Waals surface area contributed by atoms with E-state index in [0.717, 1.165) is 25.0 Å². The molecule has 0 aromatic heterocycles. The van der Waals surface area contributed by atoms with Gasteiger partial charge in [0.1, 0.15) is 10.7 Å². The normalized spacial score (nSPS) is 22.7. The maximum atomic E-state index is 13.3. The van der Waals surface area contributed by atoms with Gasteiger partial charge in [0.2, 0.25) is 10.0 Å². The van der Waals surface area contributed by atoms with Gasteiger partial charge in [0, 0.05) is 19.1 Å². The van der Waals surface area contributed by atoms with Crippen LogP contribution in [-0.2, 0) is 10.0 Å². The summed E-state index contributed by atoms with van der Waals surface area (Å²) in [5.74, 6) is -0.500. The van der Waals surface area contributed by atoms with Gasteiger partial charge in [0.05, 0.1) is 5.02 Å². The lowest BCUT2D eigenvalue weighted by Crippen LogP contribution is -2.45. The molecular formula is C13H18ClFN2O2S. The number of hydrogen-bond acceptors (Lipinski definition) is 3. The average molecular weight is 321 g/mol. The summed E-state index contributed by atoms with van der Waals surface area (Å²) in [6.45, 7) is 2.64. The van der Waals surface area contributed by atoms with Gasteiger partial charge in [-0.1, -0.05) is 11.6 Å². The van der Waals surface area contributed by atoms with Crippen molar-refractivity contribution in [3.05, 3.63) is 29.0 Å². The van der Waals surface area contributed by atoms with Crippen molar-refractivity contribution < 1.29 is 12.8 Å². The first-order valence-corrected chi connectivity index (χ1v) is 8.35. The number of rotatable bonds is 3. The lowest BCUT2D eigenvalue weighted by Gasteiger charge is -2.33. The molecule has 0 bridgehead atoms. The maximum Gasteiger partial charge on any atom is 0.244 e. The zero-order valence-corrected chi connectivity index (χ0v) is 12.8. The lowest BCUT2D eigenvalue weighted by molar-refractivity contribution is 0.243. The number of piperidine rings is 1. The molecular weight excluding hydrogens is 303 g/mol. The molecule has 2 atom stereocenters. The SMILES string of the molecule is C[C@H](N)[C@H]1CCCN(S(=O)(=O)c2cc(F)ccc2Cl)C1. The smallest absolute Gasteiger partial charge is 0.244 e. The van der Waals surface area contributed by atoms with Crippen LogP contribution in [0.5, 0.6) is 0 Å². The monoisotopic (exact) mass is 320 g/mol. The quantitative estimate of drug-likeness (QED) is 0.929. The number of benzene rings is 1. The van der Waals surface area contributed by atoms with Crippen LogP contribution in [0.4, 0.5) is 4.39 Å². The Hall–Kier alpha value is -0.690. The van der Waals surface area contributed by atoms with Crippen molar-refractivity contribution in [2.75, 3.05) is 13.1 Å². The summed E-state index contributed by atoms with van der Waals surface area (Å²) in [5, 5.41) is 0.0364. The molecule has 1 fully saturated rings. The van der Waals surface area contributed by atoms with Crippen molar-refractivity contribution in [1.29, 1.82) is 0 Å². The van der Waals surface area contributed by atoms with Gasteiger partial charge in [-0.25, -0.2) is 12.8 Å². The molecule has 2 N–H and O–H groups in total. The van der Waals surface area contributed by atoms with E-state index < -0.39 is 15.8 Å². The second kappa shape index (κ2) is 5.97. The van der Waals surface area contributed by atoms with Crippen LogP contribution in [0.15, 0.2) is 23.1 Å². The van der Waals surface area contributed by atoms with Gasteiger partial charge in [0.25, 0.3) is 0 Å². The van der Waals surface area contributed by atoms with Gasteiger partial charge in [0.15, 0.2) is 0 Å². The number of nitrogens with two attached hydrogens (primary N) is 1. The van der Waals surface area contributed by atoms with E-state index in [4.69, 9.17) is 17.3 Å². The molecule has 2 rings (SSSR count). The zero-order chi connectivity index (χ0) is 14.9. The highest BCUT2D eigenvalue weighted by atomic mass is 35.5. The van der Waals surface area contributed by atoms with Crippen LogP contribution < -0.4 is 5.73 Å². The van der Waals surface area contributed by atoms with Crippen LogP contribution in [0.3, 0.4) is 0 Å². The van der Waals surface area contributed by atoms with Gasteiger partial charge in [-0.05, 0) is 43.9 Å². The summed E-state index contributed by atoms with van der Waals surface area (Å²) >= 11 is 5.90. The standard InChI is InChI=1S/C13H18ClFN2O2S/c1-9(16)10-3-2-6-17(8-10)20(18,19)13-7-11(15)4-5-12(13)14/h4-5,7,9-10H,2-3,6,8,16H2,1H3/t9-,10-/m0/s1. The molecule has 1 aromatic rings. The second-order valence-electron chi connectivity index (χ2n) is 5.20. The van der Waals surface area contributed by atoms with Crippen molar-refractivity contribution in [3.8, 4) is 0 Å². The first kappa shape index (κ1) is 15.7. The number of nitrogens with zero attached hydrogens (tertiary/aromatic N) is 1. The molecule has 0 unspecified atom stereocenters. The fourth-order valence-corrected chi connectivity index (χ4v) is 4.46. The molecule has 1 aliphatic rings. The summed E-state index contributed by atoms with van der Waals surface area (Å²) in [6, 6.07) is 3.29. The molecule has 4 nitrogen and oxygen atoms in total.